The second-order valence-electron chi connectivity index (χ2n) is 4.75. The summed E-state index contributed by atoms with van der Waals surface area (Å²) in [7, 11) is -3.27. The summed E-state index contributed by atoms with van der Waals surface area (Å²) < 4.78 is 31.5. The van der Waals surface area contributed by atoms with E-state index in [0.717, 1.165) is 11.1 Å². The van der Waals surface area contributed by atoms with Crippen LogP contribution in [0, 0.1) is 0 Å². The van der Waals surface area contributed by atoms with Gasteiger partial charge in [-0.2, -0.15) is 4.31 Å². The van der Waals surface area contributed by atoms with E-state index in [1.54, 1.807) is 0 Å². The predicted molar refractivity (Wildman–Crippen MR) is 75.6 cm³/mol. The Morgan fingerprint density at radius 2 is 1.95 bits per heavy atom. The maximum Gasteiger partial charge on any atom is 0.218 e. The Balaban J connectivity index is 2.07. The van der Waals surface area contributed by atoms with Crippen molar-refractivity contribution in [3.63, 3.8) is 0 Å². The third-order valence-electron chi connectivity index (χ3n) is 3.12. The van der Waals surface area contributed by atoms with Crippen LogP contribution in [0.25, 0.3) is 0 Å². The normalized spacial score (nSPS) is 21.5. The molecule has 4 nitrogen and oxygen atoms in total. The second-order valence-corrected chi connectivity index (χ2v) is 6.98. The lowest BCUT2D eigenvalue weighted by atomic mass is 10.2. The first kappa shape index (κ1) is 14.8. The Kier molecular flexibility index (Phi) is 4.84. The van der Waals surface area contributed by atoms with Gasteiger partial charge in [-0.05, 0) is 18.1 Å². The smallest absolute Gasteiger partial charge is 0.218 e. The molecule has 106 valence electrons. The van der Waals surface area contributed by atoms with Gasteiger partial charge in [-0.25, -0.2) is 8.42 Å². The molecule has 1 aromatic rings. The lowest BCUT2D eigenvalue weighted by molar-refractivity contribution is 0.0101. The zero-order chi connectivity index (χ0) is 13.9. The van der Waals surface area contributed by atoms with Gasteiger partial charge in [0.15, 0.2) is 0 Å². The van der Waals surface area contributed by atoms with Crippen LogP contribution < -0.4 is 0 Å². The van der Waals surface area contributed by atoms with Crippen LogP contribution >= 0.6 is 11.6 Å². The molecule has 19 heavy (non-hydrogen) atoms. The van der Waals surface area contributed by atoms with Crippen molar-refractivity contribution >= 4 is 21.6 Å². The summed E-state index contributed by atoms with van der Waals surface area (Å²) in [6.45, 7) is 3.22. The summed E-state index contributed by atoms with van der Waals surface area (Å²) >= 11 is 5.71. The number of nitrogens with zero attached hydrogens (tertiary/aromatic N) is 1. The van der Waals surface area contributed by atoms with Crippen LogP contribution in [-0.2, 0) is 26.4 Å². The summed E-state index contributed by atoms with van der Waals surface area (Å²) in [4.78, 5) is 0. The summed E-state index contributed by atoms with van der Waals surface area (Å²) in [5.74, 6) is 0.469. The summed E-state index contributed by atoms with van der Waals surface area (Å²) in [6, 6.07) is 7.36. The van der Waals surface area contributed by atoms with E-state index >= 15 is 0 Å². The quantitative estimate of drug-likeness (QED) is 0.799. The lowest BCUT2D eigenvalue weighted by Gasteiger charge is -2.30. The molecule has 1 saturated heterocycles. The van der Waals surface area contributed by atoms with E-state index in [1.165, 1.54) is 4.31 Å². The van der Waals surface area contributed by atoms with Crippen LogP contribution in [0.2, 0.25) is 0 Å². The second kappa shape index (κ2) is 6.22. The van der Waals surface area contributed by atoms with Gasteiger partial charge in [-0.15, -0.1) is 11.6 Å². The van der Waals surface area contributed by atoms with Crippen molar-refractivity contribution in [1.29, 1.82) is 0 Å². The molecule has 1 aliphatic heterocycles. The maximum atomic E-state index is 12.3. The van der Waals surface area contributed by atoms with Gasteiger partial charge in [0.05, 0.1) is 18.5 Å². The molecule has 1 heterocycles. The number of morpholine rings is 1. The van der Waals surface area contributed by atoms with Crippen molar-refractivity contribution in [1.82, 2.24) is 4.31 Å². The largest absolute Gasteiger partial charge is 0.376 e. The Bertz CT molecular complexity index is 515. The minimum absolute atomic E-state index is 0.0300. The molecule has 0 spiro atoms. The monoisotopic (exact) mass is 303 g/mol. The minimum atomic E-state index is -3.27. The fourth-order valence-corrected chi connectivity index (χ4v) is 3.83. The number of hydrogen-bond acceptors (Lipinski definition) is 3. The summed E-state index contributed by atoms with van der Waals surface area (Å²) in [6.07, 6.45) is -0.0397. The van der Waals surface area contributed by atoms with E-state index in [4.69, 9.17) is 16.3 Å². The van der Waals surface area contributed by atoms with E-state index in [1.807, 2.05) is 31.2 Å². The standard InChI is InChI=1S/C13H18ClNO3S/c1-11-9-15(6-7-18-11)19(16,17)10-13-4-2-12(8-14)3-5-13/h2-5,11H,6-10H2,1H3. The van der Waals surface area contributed by atoms with Gasteiger partial charge < -0.3 is 4.74 Å². The molecule has 1 unspecified atom stereocenters. The van der Waals surface area contributed by atoms with Crippen LogP contribution in [-0.4, -0.2) is 38.5 Å². The molecule has 1 aromatic carbocycles. The van der Waals surface area contributed by atoms with Gasteiger partial charge >= 0.3 is 0 Å². The molecule has 0 radical (unpaired) electrons. The van der Waals surface area contributed by atoms with Crippen molar-refractivity contribution < 1.29 is 13.2 Å². The third kappa shape index (κ3) is 3.92. The fourth-order valence-electron chi connectivity index (χ4n) is 2.07. The van der Waals surface area contributed by atoms with E-state index in [0.29, 0.717) is 25.6 Å². The van der Waals surface area contributed by atoms with E-state index in [9.17, 15) is 8.42 Å². The maximum absolute atomic E-state index is 12.3. The first-order chi connectivity index (χ1) is 9.01. The van der Waals surface area contributed by atoms with Crippen molar-refractivity contribution in [3.05, 3.63) is 35.4 Å². The molecule has 0 N–H and O–H groups in total. The van der Waals surface area contributed by atoms with Gasteiger partial charge in [-0.1, -0.05) is 24.3 Å². The molecule has 1 aliphatic rings. The highest BCUT2D eigenvalue weighted by Gasteiger charge is 2.27. The van der Waals surface area contributed by atoms with Crippen molar-refractivity contribution in [2.75, 3.05) is 19.7 Å². The molecule has 0 saturated carbocycles. The van der Waals surface area contributed by atoms with Gasteiger partial charge in [0.25, 0.3) is 0 Å². The molecule has 1 fully saturated rings. The number of sulfonamides is 1. The average molecular weight is 304 g/mol. The van der Waals surface area contributed by atoms with E-state index < -0.39 is 10.0 Å². The van der Waals surface area contributed by atoms with Crippen molar-refractivity contribution in [2.24, 2.45) is 0 Å². The minimum Gasteiger partial charge on any atom is -0.376 e. The zero-order valence-corrected chi connectivity index (χ0v) is 12.5. The SMILES string of the molecule is CC1CN(S(=O)(=O)Cc2ccc(CCl)cc2)CCO1. The molecular formula is C13H18ClNO3S. The van der Waals surface area contributed by atoms with Gasteiger partial charge in [0, 0.05) is 19.0 Å². The Morgan fingerprint density at radius 3 is 2.53 bits per heavy atom. The molecule has 0 bridgehead atoms. The zero-order valence-electron chi connectivity index (χ0n) is 10.9. The highest BCUT2D eigenvalue weighted by atomic mass is 35.5. The van der Waals surface area contributed by atoms with E-state index in [2.05, 4.69) is 0 Å². The summed E-state index contributed by atoms with van der Waals surface area (Å²) in [5, 5.41) is 0. The first-order valence-electron chi connectivity index (χ1n) is 6.24. The predicted octanol–water partition coefficient (Wildman–Crippen LogP) is 1.98. The molecule has 0 amide bonds. The topological polar surface area (TPSA) is 46.6 Å². The Hall–Kier alpha value is -0.620. The van der Waals surface area contributed by atoms with Crippen LogP contribution in [0.1, 0.15) is 18.1 Å². The van der Waals surface area contributed by atoms with Gasteiger partial charge in [-0.3, -0.25) is 0 Å². The average Bonchev–Trinajstić information content (AvgIpc) is 2.39. The lowest BCUT2D eigenvalue weighted by Crippen LogP contribution is -2.44. The number of hydrogen-bond donors (Lipinski definition) is 0. The number of halogens is 1. The van der Waals surface area contributed by atoms with Crippen LogP contribution in [0.3, 0.4) is 0 Å². The fraction of sp³-hybridized carbons (Fsp3) is 0.538. The highest BCUT2D eigenvalue weighted by Crippen LogP contribution is 2.16. The molecule has 0 aliphatic carbocycles. The Labute approximate surface area is 119 Å². The van der Waals surface area contributed by atoms with Crippen molar-refractivity contribution in [3.8, 4) is 0 Å². The van der Waals surface area contributed by atoms with Crippen molar-refractivity contribution in [2.45, 2.75) is 24.7 Å². The van der Waals surface area contributed by atoms with Gasteiger partial charge in [0.2, 0.25) is 10.0 Å². The number of benzene rings is 1. The van der Waals surface area contributed by atoms with Crippen LogP contribution in [0.15, 0.2) is 24.3 Å². The Morgan fingerprint density at radius 1 is 1.32 bits per heavy atom. The molecule has 0 aromatic heterocycles. The first-order valence-corrected chi connectivity index (χ1v) is 8.39. The number of rotatable bonds is 4. The summed E-state index contributed by atoms with van der Waals surface area (Å²) in [5.41, 5.74) is 1.77. The molecule has 1 atom stereocenters. The molecular weight excluding hydrogens is 286 g/mol. The van der Waals surface area contributed by atoms with Crippen LogP contribution in [0.4, 0.5) is 0 Å². The highest BCUT2D eigenvalue weighted by molar-refractivity contribution is 7.88. The molecule has 2 rings (SSSR count). The van der Waals surface area contributed by atoms with Crippen LogP contribution in [0.5, 0.6) is 0 Å². The third-order valence-corrected chi connectivity index (χ3v) is 5.25. The van der Waals surface area contributed by atoms with E-state index in [-0.39, 0.29) is 11.9 Å². The number of alkyl halides is 1. The number of ether oxygens (including phenoxy) is 1. The molecule has 6 heteroatoms. The van der Waals surface area contributed by atoms with Gasteiger partial charge in [0.1, 0.15) is 0 Å².